The van der Waals surface area contributed by atoms with E-state index in [2.05, 4.69) is 46.9 Å². The molecule has 0 bridgehead atoms. The molecule has 0 radical (unpaired) electrons. The Morgan fingerprint density at radius 3 is 2.09 bits per heavy atom. The van der Waals surface area contributed by atoms with Crippen molar-refractivity contribution < 1.29 is 4.74 Å². The molecule has 0 saturated heterocycles. The van der Waals surface area contributed by atoms with Gasteiger partial charge in [-0.1, -0.05) is 12.1 Å². The van der Waals surface area contributed by atoms with Crippen LogP contribution in [-0.4, -0.2) is 29.7 Å². The molecule has 0 unspecified atom stereocenters. The Labute approximate surface area is 139 Å². The maximum atomic E-state index is 5.47. The standard InChI is InChI=1S/C19H27N3O/c1-18(2,3)21-15-12-14(20-17(15)22-19(4,5)6)13-10-8-9-11-16(13)23-7/h8-12H,1-7H3,(H,20,21,22). The first kappa shape index (κ1) is 17.3. The first-order valence-electron chi connectivity index (χ1n) is 7.91. The highest BCUT2D eigenvalue weighted by Gasteiger charge is 2.24. The third-order valence-corrected chi connectivity index (χ3v) is 3.08. The quantitative estimate of drug-likeness (QED) is 0.894. The van der Waals surface area contributed by atoms with Crippen LogP contribution in [0.1, 0.15) is 47.1 Å². The second kappa shape index (κ2) is 6.19. The van der Waals surface area contributed by atoms with Gasteiger partial charge in [-0.3, -0.25) is 9.98 Å². The van der Waals surface area contributed by atoms with Gasteiger partial charge in [-0.2, -0.15) is 0 Å². The molecule has 1 aromatic rings. The third-order valence-electron chi connectivity index (χ3n) is 3.08. The van der Waals surface area contributed by atoms with Crippen LogP contribution in [-0.2, 0) is 0 Å². The molecule has 1 aliphatic heterocycles. The summed E-state index contributed by atoms with van der Waals surface area (Å²) in [6.45, 7) is 12.5. The van der Waals surface area contributed by atoms with E-state index in [1.807, 2.05) is 30.3 Å². The molecule has 0 aromatic heterocycles. The molecule has 124 valence electrons. The summed E-state index contributed by atoms with van der Waals surface area (Å²) in [4.78, 5) is 9.60. The number of methoxy groups -OCH3 is 1. The molecule has 4 nitrogen and oxygen atoms in total. The number of ether oxygens (including phenoxy) is 1. The largest absolute Gasteiger partial charge is 0.496 e. The van der Waals surface area contributed by atoms with E-state index in [-0.39, 0.29) is 11.1 Å². The van der Waals surface area contributed by atoms with Crippen molar-refractivity contribution in [1.82, 2.24) is 5.32 Å². The van der Waals surface area contributed by atoms with Gasteiger partial charge in [0.25, 0.3) is 0 Å². The van der Waals surface area contributed by atoms with E-state index in [1.54, 1.807) is 7.11 Å². The van der Waals surface area contributed by atoms with Crippen molar-refractivity contribution in [3.63, 3.8) is 0 Å². The molecule has 0 spiro atoms. The van der Waals surface area contributed by atoms with Gasteiger partial charge in [0.05, 0.1) is 23.9 Å². The monoisotopic (exact) mass is 313 g/mol. The van der Waals surface area contributed by atoms with Crippen LogP contribution in [0, 0.1) is 0 Å². The molecular formula is C19H27N3O. The Kier molecular flexibility index (Phi) is 4.64. The average Bonchev–Trinajstić information content (AvgIpc) is 2.77. The molecule has 1 aliphatic rings. The fourth-order valence-electron chi connectivity index (χ4n) is 2.31. The minimum atomic E-state index is -0.176. The van der Waals surface area contributed by atoms with E-state index in [0.717, 1.165) is 28.6 Å². The van der Waals surface area contributed by atoms with Crippen LogP contribution in [0.25, 0.3) is 5.70 Å². The molecule has 1 aromatic carbocycles. The Morgan fingerprint density at radius 1 is 0.913 bits per heavy atom. The summed E-state index contributed by atoms with van der Waals surface area (Å²) in [7, 11) is 1.68. The number of rotatable bonds is 2. The summed E-state index contributed by atoms with van der Waals surface area (Å²) >= 11 is 0. The Morgan fingerprint density at radius 2 is 1.52 bits per heavy atom. The highest BCUT2D eigenvalue weighted by atomic mass is 16.5. The summed E-state index contributed by atoms with van der Waals surface area (Å²) in [6, 6.07) is 7.95. The molecule has 0 saturated carbocycles. The van der Waals surface area contributed by atoms with Crippen LogP contribution in [0.4, 0.5) is 0 Å². The minimum absolute atomic E-state index is 0.164. The van der Waals surface area contributed by atoms with Crippen LogP contribution >= 0.6 is 0 Å². The number of nitrogens with zero attached hydrogens (tertiary/aromatic N) is 2. The average molecular weight is 313 g/mol. The van der Waals surface area contributed by atoms with Crippen LogP contribution in [0.3, 0.4) is 0 Å². The molecule has 4 heteroatoms. The Hall–Kier alpha value is -2.10. The fourth-order valence-corrected chi connectivity index (χ4v) is 2.31. The predicted octanol–water partition coefficient (Wildman–Crippen LogP) is 4.08. The van der Waals surface area contributed by atoms with Gasteiger partial charge in [0.2, 0.25) is 0 Å². The van der Waals surface area contributed by atoms with Crippen molar-refractivity contribution in [2.75, 3.05) is 7.11 Å². The van der Waals surface area contributed by atoms with Gasteiger partial charge in [0, 0.05) is 5.56 Å². The normalized spacial score (nSPS) is 19.0. The number of aliphatic imine (C=N–C) groups is 2. The molecule has 1 heterocycles. The lowest BCUT2D eigenvalue weighted by atomic mass is 10.1. The second-order valence-corrected chi connectivity index (χ2v) is 7.68. The van der Waals surface area contributed by atoms with Gasteiger partial charge in [-0.05, 0) is 59.8 Å². The zero-order valence-electron chi connectivity index (χ0n) is 15.2. The van der Waals surface area contributed by atoms with Crippen molar-refractivity contribution in [3.8, 4) is 5.75 Å². The third kappa shape index (κ3) is 4.68. The first-order valence-corrected chi connectivity index (χ1v) is 7.91. The zero-order chi connectivity index (χ0) is 17.3. The van der Waals surface area contributed by atoms with Crippen LogP contribution in [0.2, 0.25) is 0 Å². The number of nitrogens with one attached hydrogen (secondary N) is 1. The van der Waals surface area contributed by atoms with Gasteiger partial charge >= 0.3 is 0 Å². The van der Waals surface area contributed by atoms with E-state index >= 15 is 0 Å². The second-order valence-electron chi connectivity index (χ2n) is 7.68. The predicted molar refractivity (Wildman–Crippen MR) is 98.5 cm³/mol. The maximum absolute atomic E-state index is 5.47. The molecule has 23 heavy (non-hydrogen) atoms. The molecule has 0 atom stereocenters. The minimum Gasteiger partial charge on any atom is -0.496 e. The van der Waals surface area contributed by atoms with E-state index in [0.29, 0.717) is 0 Å². The fraction of sp³-hybridized carbons (Fsp3) is 0.474. The topological polar surface area (TPSA) is 46.0 Å². The van der Waals surface area contributed by atoms with E-state index in [1.165, 1.54) is 0 Å². The van der Waals surface area contributed by atoms with Gasteiger partial charge in [-0.25, -0.2) is 0 Å². The number of para-hydroxylation sites is 1. The van der Waals surface area contributed by atoms with Crippen LogP contribution in [0.15, 0.2) is 40.3 Å². The molecule has 0 aliphatic carbocycles. The first-order chi connectivity index (χ1) is 10.6. The van der Waals surface area contributed by atoms with Gasteiger partial charge in [0.1, 0.15) is 11.5 Å². The van der Waals surface area contributed by atoms with E-state index < -0.39 is 0 Å². The SMILES string of the molecule is COc1ccccc1C1=CC(=NC(C)(C)C)C(=NC(C)(C)C)N1. The summed E-state index contributed by atoms with van der Waals surface area (Å²) in [6.07, 6.45) is 2.05. The highest BCUT2D eigenvalue weighted by molar-refractivity contribution is 6.51. The molecule has 0 amide bonds. The lowest BCUT2D eigenvalue weighted by Crippen LogP contribution is -2.28. The van der Waals surface area contributed by atoms with Crippen molar-refractivity contribution >= 4 is 17.2 Å². The van der Waals surface area contributed by atoms with Crippen LogP contribution in [0.5, 0.6) is 5.75 Å². The molecule has 1 N–H and O–H groups in total. The van der Waals surface area contributed by atoms with Crippen molar-refractivity contribution in [2.45, 2.75) is 52.6 Å². The number of hydrogen-bond acceptors (Lipinski definition) is 3. The van der Waals surface area contributed by atoms with Gasteiger partial charge < -0.3 is 10.1 Å². The van der Waals surface area contributed by atoms with Gasteiger partial charge in [0.15, 0.2) is 5.84 Å². The molecule has 0 fully saturated rings. The van der Waals surface area contributed by atoms with Gasteiger partial charge in [-0.15, -0.1) is 0 Å². The van der Waals surface area contributed by atoms with E-state index in [4.69, 9.17) is 14.7 Å². The smallest absolute Gasteiger partial charge is 0.151 e. The van der Waals surface area contributed by atoms with Crippen molar-refractivity contribution in [3.05, 3.63) is 35.9 Å². The Bertz CT molecular complexity index is 671. The summed E-state index contributed by atoms with van der Waals surface area (Å²) in [5.41, 5.74) is 2.52. The van der Waals surface area contributed by atoms with E-state index in [9.17, 15) is 0 Å². The zero-order valence-corrected chi connectivity index (χ0v) is 15.2. The Balaban J connectivity index is 2.50. The number of hydrogen-bond donors (Lipinski definition) is 1. The number of amidine groups is 1. The lowest BCUT2D eigenvalue weighted by molar-refractivity contribution is 0.413. The highest BCUT2D eigenvalue weighted by Crippen LogP contribution is 2.27. The molecule has 2 rings (SSSR count). The summed E-state index contributed by atoms with van der Waals surface area (Å²) in [5.74, 6) is 1.65. The molecular weight excluding hydrogens is 286 g/mol. The lowest BCUT2D eigenvalue weighted by Gasteiger charge is -2.17. The van der Waals surface area contributed by atoms with Crippen molar-refractivity contribution in [2.24, 2.45) is 9.98 Å². The summed E-state index contributed by atoms with van der Waals surface area (Å²) < 4.78 is 5.47. The van der Waals surface area contributed by atoms with Crippen molar-refractivity contribution in [1.29, 1.82) is 0 Å². The number of benzene rings is 1. The van der Waals surface area contributed by atoms with Crippen LogP contribution < -0.4 is 10.1 Å². The summed E-state index contributed by atoms with van der Waals surface area (Å²) in [5, 5.41) is 3.41. The maximum Gasteiger partial charge on any atom is 0.151 e.